The second kappa shape index (κ2) is 11.8. The van der Waals surface area contributed by atoms with Gasteiger partial charge in [0, 0.05) is 37.0 Å². The molecule has 5 rings (SSSR count). The highest BCUT2D eigenvalue weighted by Crippen LogP contribution is 2.34. The lowest BCUT2D eigenvalue weighted by Gasteiger charge is -2.27. The van der Waals surface area contributed by atoms with Crippen LogP contribution in [0.3, 0.4) is 0 Å². The maximum Gasteiger partial charge on any atom is 0.416 e. The van der Waals surface area contributed by atoms with Gasteiger partial charge in [0.05, 0.1) is 5.56 Å². The molecule has 0 unspecified atom stereocenters. The van der Waals surface area contributed by atoms with Gasteiger partial charge in [0.15, 0.2) is 0 Å². The van der Waals surface area contributed by atoms with Crippen LogP contribution < -0.4 is 10.2 Å². The second-order valence-electron chi connectivity index (χ2n) is 10.0. The first-order valence-corrected chi connectivity index (χ1v) is 12.9. The smallest absolute Gasteiger partial charge is 0.322 e. The van der Waals surface area contributed by atoms with Gasteiger partial charge in [0.25, 0.3) is 5.91 Å². The Labute approximate surface area is 232 Å². The zero-order valence-electron chi connectivity index (χ0n) is 21.7. The minimum absolute atomic E-state index is 0. The number of piperidine rings is 1. The summed E-state index contributed by atoms with van der Waals surface area (Å²) < 4.78 is 40.2. The summed E-state index contributed by atoms with van der Waals surface area (Å²) in [6.45, 7) is 2.39. The van der Waals surface area contributed by atoms with Crippen molar-refractivity contribution < 1.29 is 22.8 Å². The number of hydrogen-bond acceptors (Lipinski definition) is 3. The van der Waals surface area contributed by atoms with Gasteiger partial charge in [0.1, 0.15) is 0 Å². The molecule has 2 aliphatic heterocycles. The number of aryl methyl sites for hydroxylation is 1. The minimum Gasteiger partial charge on any atom is -0.322 e. The molecular weight excluding hydrogens is 527 g/mol. The first-order valence-electron chi connectivity index (χ1n) is 12.9. The molecule has 39 heavy (non-hydrogen) atoms. The number of hydrogen-bond donors (Lipinski definition) is 1. The summed E-state index contributed by atoms with van der Waals surface area (Å²) in [6.07, 6.45) is 0.0247. The molecule has 0 spiro atoms. The number of carbonyl (C=O) groups excluding carboxylic acids is 2. The maximum atomic E-state index is 13.4. The fourth-order valence-electron chi connectivity index (χ4n) is 5.28. The molecule has 5 nitrogen and oxygen atoms in total. The van der Waals surface area contributed by atoms with Crippen LogP contribution in [0.4, 0.5) is 24.5 Å². The van der Waals surface area contributed by atoms with E-state index in [2.05, 4.69) is 10.2 Å². The number of rotatable bonds is 5. The Hall–Kier alpha value is -3.36. The van der Waals surface area contributed by atoms with E-state index in [9.17, 15) is 22.8 Å². The van der Waals surface area contributed by atoms with E-state index in [1.165, 1.54) is 18.6 Å². The molecule has 3 aromatic carbocycles. The van der Waals surface area contributed by atoms with Crippen LogP contribution in [0.25, 0.3) is 11.1 Å². The Kier molecular flexibility index (Phi) is 8.67. The molecule has 2 heterocycles. The highest BCUT2D eigenvalue weighted by Gasteiger charge is 2.30. The van der Waals surface area contributed by atoms with Crippen molar-refractivity contribution in [1.29, 1.82) is 0 Å². The van der Waals surface area contributed by atoms with Crippen LogP contribution in [0.15, 0.2) is 60.7 Å². The normalized spacial score (nSPS) is 15.9. The lowest BCUT2D eigenvalue weighted by atomic mass is 9.95. The Morgan fingerprint density at radius 2 is 1.72 bits per heavy atom. The molecule has 0 aromatic heterocycles. The van der Waals surface area contributed by atoms with Crippen molar-refractivity contribution in [3.05, 3.63) is 82.9 Å². The molecular formula is C30H31ClF3N3O2. The largest absolute Gasteiger partial charge is 0.416 e. The number of fused-ring (bicyclic) bond motifs is 1. The second-order valence-corrected chi connectivity index (χ2v) is 10.0. The van der Waals surface area contributed by atoms with E-state index in [1.54, 1.807) is 42.3 Å². The predicted molar refractivity (Wildman–Crippen MR) is 149 cm³/mol. The standard InChI is InChI=1S/C30H30F3N3O2.ClH/c1-35-27-18-25(11-8-20(27)10-13-28(35)37)34-29(38)22-9-12-26(21-6-5-7-24(17-21)30(31,32)33)23(16-22)19-36-14-3-2-4-15-36;/h5-9,11-12,16-18H,2-4,10,13-15,19H2,1H3,(H,34,38);1H. The van der Waals surface area contributed by atoms with Crippen molar-refractivity contribution in [1.82, 2.24) is 4.90 Å². The van der Waals surface area contributed by atoms with Gasteiger partial charge in [-0.3, -0.25) is 14.5 Å². The van der Waals surface area contributed by atoms with Crippen LogP contribution >= 0.6 is 12.4 Å². The van der Waals surface area contributed by atoms with Gasteiger partial charge < -0.3 is 10.2 Å². The average molecular weight is 558 g/mol. The van der Waals surface area contributed by atoms with Gasteiger partial charge >= 0.3 is 6.18 Å². The van der Waals surface area contributed by atoms with Crippen molar-refractivity contribution in [2.24, 2.45) is 0 Å². The van der Waals surface area contributed by atoms with Gasteiger partial charge in [-0.15, -0.1) is 12.4 Å². The van der Waals surface area contributed by atoms with Gasteiger partial charge in [-0.25, -0.2) is 0 Å². The molecule has 206 valence electrons. The number of anilines is 2. The minimum atomic E-state index is -4.43. The summed E-state index contributed by atoms with van der Waals surface area (Å²) in [7, 11) is 1.73. The highest BCUT2D eigenvalue weighted by molar-refractivity contribution is 6.05. The third-order valence-electron chi connectivity index (χ3n) is 7.40. The Bertz CT molecular complexity index is 1370. The maximum absolute atomic E-state index is 13.4. The number of likely N-dealkylation sites (tertiary alicyclic amines) is 1. The monoisotopic (exact) mass is 557 g/mol. The summed E-state index contributed by atoms with van der Waals surface area (Å²) in [5.41, 5.74) is 4.12. The van der Waals surface area contributed by atoms with E-state index in [0.717, 1.165) is 48.8 Å². The number of carbonyl (C=O) groups is 2. The zero-order valence-corrected chi connectivity index (χ0v) is 22.5. The van der Waals surface area contributed by atoms with Gasteiger partial charge in [-0.1, -0.05) is 30.7 Å². The van der Waals surface area contributed by atoms with E-state index in [0.29, 0.717) is 41.8 Å². The summed E-state index contributed by atoms with van der Waals surface area (Å²) in [5, 5.41) is 2.92. The molecule has 1 N–H and O–H groups in total. The van der Waals surface area contributed by atoms with E-state index in [-0.39, 0.29) is 24.2 Å². The first kappa shape index (κ1) is 28.6. The van der Waals surface area contributed by atoms with Crippen LogP contribution in [0.2, 0.25) is 0 Å². The lowest BCUT2D eigenvalue weighted by Crippen LogP contribution is -2.31. The molecule has 0 bridgehead atoms. The zero-order chi connectivity index (χ0) is 26.9. The van der Waals surface area contributed by atoms with E-state index in [1.807, 2.05) is 12.1 Å². The van der Waals surface area contributed by atoms with Gasteiger partial charge in [-0.05, 0) is 91.0 Å². The number of amides is 2. The van der Waals surface area contributed by atoms with E-state index >= 15 is 0 Å². The quantitative estimate of drug-likeness (QED) is 0.370. The number of alkyl halides is 3. The van der Waals surface area contributed by atoms with Crippen LogP contribution in [-0.4, -0.2) is 36.9 Å². The summed E-state index contributed by atoms with van der Waals surface area (Å²) in [4.78, 5) is 29.3. The van der Waals surface area contributed by atoms with Crippen molar-refractivity contribution in [2.75, 3.05) is 30.4 Å². The Morgan fingerprint density at radius 1 is 0.949 bits per heavy atom. The lowest BCUT2D eigenvalue weighted by molar-refractivity contribution is -0.137. The van der Waals surface area contributed by atoms with E-state index < -0.39 is 11.7 Å². The van der Waals surface area contributed by atoms with Crippen LogP contribution in [0.5, 0.6) is 0 Å². The number of nitrogens with zero attached hydrogens (tertiary/aromatic N) is 2. The summed E-state index contributed by atoms with van der Waals surface area (Å²) in [5.74, 6) is -0.279. The molecule has 0 saturated carbocycles. The Balaban J connectivity index is 0.00000353. The molecule has 2 aliphatic rings. The van der Waals surface area contributed by atoms with Gasteiger partial charge in [-0.2, -0.15) is 13.2 Å². The van der Waals surface area contributed by atoms with Crippen molar-refractivity contribution in [3.8, 4) is 11.1 Å². The molecule has 0 radical (unpaired) electrons. The van der Waals surface area contributed by atoms with Gasteiger partial charge in [0.2, 0.25) is 5.91 Å². The van der Waals surface area contributed by atoms with Crippen LogP contribution in [0, 0.1) is 0 Å². The average Bonchev–Trinajstić information content (AvgIpc) is 2.91. The SMILES string of the molecule is CN1C(=O)CCc2ccc(NC(=O)c3ccc(-c4cccc(C(F)(F)F)c4)c(CN4CCCCC4)c3)cc21.Cl. The third-order valence-corrected chi connectivity index (χ3v) is 7.40. The summed E-state index contributed by atoms with van der Waals surface area (Å²) >= 11 is 0. The fraction of sp³-hybridized carbons (Fsp3) is 0.333. The topological polar surface area (TPSA) is 52.7 Å². The number of benzene rings is 3. The highest BCUT2D eigenvalue weighted by atomic mass is 35.5. The third kappa shape index (κ3) is 6.45. The number of nitrogens with one attached hydrogen (secondary N) is 1. The predicted octanol–water partition coefficient (Wildman–Crippen LogP) is 6.94. The number of halogens is 4. The van der Waals surface area contributed by atoms with Crippen molar-refractivity contribution in [3.63, 3.8) is 0 Å². The Morgan fingerprint density at radius 3 is 2.46 bits per heavy atom. The van der Waals surface area contributed by atoms with Crippen LogP contribution in [0.1, 0.15) is 52.7 Å². The molecule has 0 aliphatic carbocycles. The molecule has 0 atom stereocenters. The first-order chi connectivity index (χ1) is 18.2. The van der Waals surface area contributed by atoms with Crippen molar-refractivity contribution in [2.45, 2.75) is 44.8 Å². The molecule has 3 aromatic rings. The van der Waals surface area contributed by atoms with Crippen LogP contribution in [-0.2, 0) is 23.9 Å². The molecule has 2 amide bonds. The molecule has 1 fully saturated rings. The summed E-state index contributed by atoms with van der Waals surface area (Å²) in [6, 6.07) is 16.1. The molecule has 1 saturated heterocycles. The fourth-order valence-corrected chi connectivity index (χ4v) is 5.28. The van der Waals surface area contributed by atoms with E-state index in [4.69, 9.17) is 0 Å². The molecule has 9 heteroatoms. The van der Waals surface area contributed by atoms with Crippen molar-refractivity contribution >= 4 is 35.6 Å².